The molecule has 1 heterocycles. The summed E-state index contributed by atoms with van der Waals surface area (Å²) >= 11 is 7.52. The van der Waals surface area contributed by atoms with Crippen LogP contribution in [0.5, 0.6) is 0 Å². The molecule has 4 nitrogen and oxygen atoms in total. The molecule has 0 amide bonds. The molecule has 0 spiro atoms. The van der Waals surface area contributed by atoms with Crippen LogP contribution in [0.1, 0.15) is 125 Å². The zero-order chi connectivity index (χ0) is 47.5. The van der Waals surface area contributed by atoms with Crippen LogP contribution in [0.3, 0.4) is 0 Å². The SMILES string of the molecule is CCCCC[C@@H](C=Cc1ccccc1SC12CC(O[Si](c3ccccc3)(c3ccccc3)C(C)(C)C)CC1CC(CCCC(=S)OCC)=N2)O[Si](c1ccccc1)(c1ccccc1)C(C)(C)C. The van der Waals surface area contributed by atoms with Crippen molar-refractivity contribution in [3.63, 3.8) is 0 Å². The number of hydrogen-bond acceptors (Lipinski definition) is 6. The average molecular weight is 967 g/mol. The van der Waals surface area contributed by atoms with Crippen molar-refractivity contribution in [2.75, 3.05) is 6.61 Å². The maximum Gasteiger partial charge on any atom is 0.261 e. The zero-order valence-corrected chi connectivity index (χ0v) is 45.1. The van der Waals surface area contributed by atoms with E-state index in [-0.39, 0.29) is 27.2 Å². The van der Waals surface area contributed by atoms with E-state index in [2.05, 4.69) is 206 Å². The minimum atomic E-state index is -2.79. The summed E-state index contributed by atoms with van der Waals surface area (Å²) in [6, 6.07) is 53.4. The predicted octanol–water partition coefficient (Wildman–Crippen LogP) is 13.7. The van der Waals surface area contributed by atoms with Crippen LogP contribution in [0, 0.1) is 5.92 Å². The van der Waals surface area contributed by atoms with E-state index in [1.165, 1.54) is 49.8 Å². The maximum absolute atomic E-state index is 7.91. The molecule has 67 heavy (non-hydrogen) atoms. The van der Waals surface area contributed by atoms with E-state index < -0.39 is 16.6 Å². The molecule has 354 valence electrons. The second-order valence-electron chi connectivity index (χ2n) is 20.7. The van der Waals surface area contributed by atoms with Crippen LogP contribution in [0.2, 0.25) is 10.1 Å². The molecule has 2 aliphatic rings. The minimum absolute atomic E-state index is 0.0589. The third-order valence-corrected chi connectivity index (χ3v) is 26.0. The lowest BCUT2D eigenvalue weighted by atomic mass is 9.99. The largest absolute Gasteiger partial charge is 0.487 e. The van der Waals surface area contributed by atoms with Crippen molar-refractivity contribution in [2.24, 2.45) is 10.9 Å². The summed E-state index contributed by atoms with van der Waals surface area (Å²) in [6.07, 6.45) is 14.7. The first-order valence-corrected chi connectivity index (χ1v) is 30.1. The Hall–Kier alpha value is -3.90. The Morgan fingerprint density at radius 3 is 1.76 bits per heavy atom. The molecule has 8 heteroatoms. The third-order valence-electron chi connectivity index (χ3n) is 14.0. The lowest BCUT2D eigenvalue weighted by Crippen LogP contribution is -2.67. The van der Waals surface area contributed by atoms with Crippen LogP contribution < -0.4 is 20.7 Å². The van der Waals surface area contributed by atoms with Crippen molar-refractivity contribution in [3.8, 4) is 0 Å². The molecule has 0 N–H and O–H groups in total. The van der Waals surface area contributed by atoms with Gasteiger partial charge < -0.3 is 13.6 Å². The lowest BCUT2D eigenvalue weighted by molar-refractivity contribution is 0.188. The first-order valence-electron chi connectivity index (χ1n) is 25.0. The normalized spacial score (nSPS) is 19.3. The molecular weight excluding hydrogens is 891 g/mol. The van der Waals surface area contributed by atoms with Gasteiger partial charge >= 0.3 is 0 Å². The fourth-order valence-electron chi connectivity index (χ4n) is 10.9. The van der Waals surface area contributed by atoms with Gasteiger partial charge in [0.15, 0.2) is 5.05 Å². The Morgan fingerprint density at radius 1 is 0.716 bits per heavy atom. The Labute approximate surface area is 415 Å². The number of thioether (sulfide) groups is 1. The highest BCUT2D eigenvalue weighted by Gasteiger charge is 2.58. The van der Waals surface area contributed by atoms with Crippen molar-refractivity contribution in [2.45, 2.75) is 152 Å². The summed E-state index contributed by atoms with van der Waals surface area (Å²) in [6.45, 7) is 19.2. The molecule has 0 radical (unpaired) electrons. The highest BCUT2D eigenvalue weighted by molar-refractivity contribution is 8.00. The van der Waals surface area contributed by atoms with Gasteiger partial charge in [-0.05, 0) is 93.7 Å². The zero-order valence-electron chi connectivity index (χ0n) is 41.5. The standard InChI is InChI=1S/C59H75NO3S2Si2/c1-9-11-16-30-49(62-66(57(3,4)5,51-31-17-12-18-32-51)52-33-19-13-20-34-52)42-41-46-28-25-26-39-55(46)65-59-45-50(44-47(59)43-48(60-59)29-27-40-56(64)61-10-2)63-67(58(6,7)8,53-35-21-14-22-36-53)54-37-23-15-24-38-54/h12-15,17-26,28,31-39,41-42,47,49-50H,9-11,16,27,29-30,40,43-45H2,1-8H3/t47?,49-,50?,59?/m0/s1. The molecular formula is C59H75NO3S2Si2. The number of nitrogens with zero attached hydrogens (tertiary/aromatic N) is 1. The summed E-state index contributed by atoms with van der Waals surface area (Å²) in [7, 11) is -5.58. The van der Waals surface area contributed by atoms with Crippen LogP contribution in [0.15, 0.2) is 162 Å². The highest BCUT2D eigenvalue weighted by Crippen LogP contribution is 2.57. The van der Waals surface area contributed by atoms with E-state index in [9.17, 15) is 0 Å². The van der Waals surface area contributed by atoms with Gasteiger partial charge in [-0.2, -0.15) is 0 Å². The molecule has 0 bridgehead atoms. The fourth-order valence-corrected chi connectivity index (χ4v) is 22.1. The number of hydrogen-bond donors (Lipinski definition) is 0. The number of fused-ring (bicyclic) bond motifs is 1. The van der Waals surface area contributed by atoms with E-state index >= 15 is 0 Å². The third kappa shape index (κ3) is 11.6. The van der Waals surface area contributed by atoms with E-state index in [1.807, 2.05) is 18.7 Å². The molecule has 1 aliphatic heterocycles. The van der Waals surface area contributed by atoms with Crippen LogP contribution in [0.25, 0.3) is 6.08 Å². The Bertz CT molecular complexity index is 2320. The first kappa shape index (κ1) is 51.0. The molecule has 1 fully saturated rings. The number of aliphatic imine (C=N–C) groups is 1. The van der Waals surface area contributed by atoms with Crippen LogP contribution >= 0.6 is 24.0 Å². The smallest absolute Gasteiger partial charge is 0.261 e. The summed E-state index contributed by atoms with van der Waals surface area (Å²) in [5.74, 6) is 0.354. The van der Waals surface area contributed by atoms with Gasteiger partial charge in [0.25, 0.3) is 16.6 Å². The first-order chi connectivity index (χ1) is 32.2. The number of unbranched alkanes of at least 4 members (excludes halogenated alkanes) is 2. The number of rotatable bonds is 21. The lowest BCUT2D eigenvalue weighted by Gasteiger charge is -2.45. The number of thiocarbonyl (C=S) groups is 1. The van der Waals surface area contributed by atoms with E-state index in [0.29, 0.717) is 17.6 Å². The molecule has 1 aliphatic carbocycles. The van der Waals surface area contributed by atoms with Gasteiger partial charge in [-0.1, -0.05) is 231 Å². The summed E-state index contributed by atoms with van der Waals surface area (Å²) in [5.41, 5.74) is 2.53. The fraction of sp³-hybridized carbons (Fsp3) is 0.424. The Kier molecular flexibility index (Phi) is 17.3. The van der Waals surface area contributed by atoms with Crippen molar-refractivity contribution in [1.82, 2.24) is 0 Å². The Balaban J connectivity index is 1.25. The van der Waals surface area contributed by atoms with Gasteiger partial charge in [-0.25, -0.2) is 0 Å². The van der Waals surface area contributed by atoms with Gasteiger partial charge in [-0.3, -0.25) is 4.99 Å². The number of ether oxygens (including phenoxy) is 1. The van der Waals surface area contributed by atoms with Gasteiger partial charge in [-0.15, -0.1) is 0 Å². The van der Waals surface area contributed by atoms with Gasteiger partial charge in [0.1, 0.15) is 4.87 Å². The highest BCUT2D eigenvalue weighted by atomic mass is 32.2. The van der Waals surface area contributed by atoms with Crippen molar-refractivity contribution >= 4 is 78.2 Å². The van der Waals surface area contributed by atoms with Crippen LogP contribution in [-0.4, -0.2) is 51.1 Å². The molecule has 5 aromatic carbocycles. The second-order valence-corrected chi connectivity index (χ2v) is 31.1. The molecule has 4 atom stereocenters. The average Bonchev–Trinajstić information content (AvgIpc) is 3.82. The quantitative estimate of drug-likeness (QED) is 0.0416. The van der Waals surface area contributed by atoms with Gasteiger partial charge in [0.05, 0.1) is 12.7 Å². The number of benzene rings is 5. The summed E-state index contributed by atoms with van der Waals surface area (Å²) in [5, 5.41) is 5.76. The molecule has 5 aromatic rings. The minimum Gasteiger partial charge on any atom is -0.487 e. The predicted molar refractivity (Wildman–Crippen MR) is 296 cm³/mol. The summed E-state index contributed by atoms with van der Waals surface area (Å²) in [4.78, 5) is 6.74. The molecule has 3 unspecified atom stereocenters. The van der Waals surface area contributed by atoms with Gasteiger partial charge in [0, 0.05) is 35.5 Å². The molecule has 1 saturated carbocycles. The molecule has 0 aromatic heterocycles. The van der Waals surface area contributed by atoms with Crippen molar-refractivity contribution < 1.29 is 13.6 Å². The van der Waals surface area contributed by atoms with E-state index in [0.717, 1.165) is 51.4 Å². The molecule has 7 rings (SSSR count). The summed E-state index contributed by atoms with van der Waals surface area (Å²) < 4.78 is 21.4. The Morgan fingerprint density at radius 2 is 1.24 bits per heavy atom. The van der Waals surface area contributed by atoms with Gasteiger partial charge in [0.2, 0.25) is 0 Å². The maximum atomic E-state index is 7.91. The topological polar surface area (TPSA) is 40.0 Å². The second kappa shape index (κ2) is 22.7. The van der Waals surface area contributed by atoms with Crippen molar-refractivity contribution in [3.05, 3.63) is 157 Å². The van der Waals surface area contributed by atoms with E-state index in [1.54, 1.807) is 0 Å². The monoisotopic (exact) mass is 965 g/mol. The van der Waals surface area contributed by atoms with Crippen LogP contribution in [0.4, 0.5) is 0 Å². The molecule has 0 saturated heterocycles. The van der Waals surface area contributed by atoms with Crippen LogP contribution in [-0.2, 0) is 13.6 Å². The van der Waals surface area contributed by atoms with Crippen molar-refractivity contribution in [1.29, 1.82) is 0 Å². The van der Waals surface area contributed by atoms with E-state index in [4.69, 9.17) is 30.8 Å².